The average molecular weight is 549 g/mol. The second-order valence-electron chi connectivity index (χ2n) is 8.09. The molecular formula is C22H27F3IN3O2. The Kier molecular flexibility index (Phi) is 8.03. The first-order chi connectivity index (χ1) is 14.7. The molecule has 3 N–H and O–H groups in total. The van der Waals surface area contributed by atoms with Crippen molar-refractivity contribution in [2.24, 2.45) is 0 Å². The van der Waals surface area contributed by atoms with Gasteiger partial charge in [0.2, 0.25) is 0 Å². The topological polar surface area (TPSA) is 64.6 Å². The van der Waals surface area contributed by atoms with Gasteiger partial charge in [0, 0.05) is 15.7 Å². The minimum absolute atomic E-state index is 0.00944. The molecule has 1 aliphatic carbocycles. The van der Waals surface area contributed by atoms with Crippen molar-refractivity contribution in [3.63, 3.8) is 0 Å². The molecule has 1 saturated heterocycles. The van der Waals surface area contributed by atoms with Crippen LogP contribution < -0.4 is 10.6 Å². The van der Waals surface area contributed by atoms with Crippen molar-refractivity contribution in [3.8, 4) is 0 Å². The summed E-state index contributed by atoms with van der Waals surface area (Å²) in [6.45, 7) is 3.45. The average Bonchev–Trinajstić information content (AvgIpc) is 2.70. The fourth-order valence-electron chi connectivity index (χ4n) is 3.73. The molecule has 0 bridgehead atoms. The summed E-state index contributed by atoms with van der Waals surface area (Å²) in [4.78, 5) is 14.3. The Hall–Kier alpha value is -1.59. The van der Waals surface area contributed by atoms with Crippen molar-refractivity contribution in [1.82, 2.24) is 10.2 Å². The smallest absolute Gasteiger partial charge is 0.252 e. The molecule has 9 heteroatoms. The number of halogens is 4. The van der Waals surface area contributed by atoms with Gasteiger partial charge in [-0.05, 0) is 65.9 Å². The Bertz CT molecular complexity index is 872. The summed E-state index contributed by atoms with van der Waals surface area (Å²) in [6, 6.07) is 2.95. The van der Waals surface area contributed by atoms with E-state index in [1.807, 2.05) is 22.6 Å². The fraction of sp³-hybridized carbons (Fsp3) is 0.500. The molecule has 2 aliphatic rings. The molecule has 1 aromatic carbocycles. The lowest BCUT2D eigenvalue weighted by atomic mass is 9.89. The van der Waals surface area contributed by atoms with Crippen LogP contribution in [-0.2, 0) is 4.79 Å². The molecule has 0 radical (unpaired) electrons. The summed E-state index contributed by atoms with van der Waals surface area (Å²) in [6.07, 6.45) is 3.24. The van der Waals surface area contributed by atoms with Gasteiger partial charge in [-0.15, -0.1) is 0 Å². The van der Waals surface area contributed by atoms with E-state index in [2.05, 4.69) is 17.6 Å². The summed E-state index contributed by atoms with van der Waals surface area (Å²) < 4.78 is 43.5. The molecule has 1 fully saturated rings. The van der Waals surface area contributed by atoms with Gasteiger partial charge in [-0.2, -0.15) is 0 Å². The van der Waals surface area contributed by atoms with E-state index in [1.54, 1.807) is 6.07 Å². The molecule has 0 saturated carbocycles. The maximum absolute atomic E-state index is 14.7. The number of likely N-dealkylation sites (tertiary alicyclic amines) is 1. The van der Waals surface area contributed by atoms with Crippen molar-refractivity contribution in [2.75, 3.05) is 31.5 Å². The van der Waals surface area contributed by atoms with Crippen LogP contribution >= 0.6 is 22.6 Å². The van der Waals surface area contributed by atoms with Crippen LogP contribution in [0.5, 0.6) is 0 Å². The number of benzene rings is 1. The van der Waals surface area contributed by atoms with Gasteiger partial charge in [0.1, 0.15) is 17.2 Å². The number of aliphatic hydroxyl groups is 1. The van der Waals surface area contributed by atoms with Gasteiger partial charge in [0.05, 0.1) is 24.8 Å². The number of nitrogens with zero attached hydrogens (tertiary/aromatic N) is 1. The van der Waals surface area contributed by atoms with Crippen LogP contribution in [0.2, 0.25) is 0 Å². The molecule has 2 atom stereocenters. The first kappa shape index (κ1) is 24.1. The minimum atomic E-state index is -2.12. The number of hydrogen-bond acceptors (Lipinski definition) is 4. The molecule has 31 heavy (non-hydrogen) atoms. The Morgan fingerprint density at radius 1 is 1.29 bits per heavy atom. The summed E-state index contributed by atoms with van der Waals surface area (Å²) in [7, 11) is 0. The monoisotopic (exact) mass is 549 g/mol. The number of carbonyl (C=O) groups excluding carboxylic acids is 1. The summed E-state index contributed by atoms with van der Waals surface area (Å²) in [5.41, 5.74) is -1.07. The maximum Gasteiger partial charge on any atom is 0.252 e. The fourth-order valence-corrected chi connectivity index (χ4v) is 4.19. The molecule has 2 unspecified atom stereocenters. The van der Waals surface area contributed by atoms with Crippen molar-refractivity contribution >= 4 is 34.2 Å². The van der Waals surface area contributed by atoms with Crippen LogP contribution in [0.4, 0.5) is 18.9 Å². The molecule has 1 amide bonds. The zero-order chi connectivity index (χ0) is 22.6. The van der Waals surface area contributed by atoms with Gasteiger partial charge in [-0.3, -0.25) is 4.79 Å². The Balaban J connectivity index is 1.64. The van der Waals surface area contributed by atoms with Gasteiger partial charge < -0.3 is 20.6 Å². The highest BCUT2D eigenvalue weighted by Crippen LogP contribution is 2.31. The number of anilines is 1. The lowest BCUT2D eigenvalue weighted by Crippen LogP contribution is -2.68. The molecule has 0 spiro atoms. The maximum atomic E-state index is 14.7. The normalized spacial score (nSPS) is 22.5. The quantitative estimate of drug-likeness (QED) is 0.325. The number of nitrogens with one attached hydrogen (secondary N) is 2. The highest BCUT2D eigenvalue weighted by Gasteiger charge is 2.46. The Morgan fingerprint density at radius 2 is 2.03 bits per heavy atom. The molecule has 170 valence electrons. The van der Waals surface area contributed by atoms with E-state index >= 15 is 0 Å². The molecule has 1 heterocycles. The third kappa shape index (κ3) is 5.81. The van der Waals surface area contributed by atoms with Gasteiger partial charge >= 0.3 is 0 Å². The number of hydrogen-bond donors (Lipinski definition) is 3. The standard InChI is InChI=1S/C22H27F3IN3O2/c1-2-3-4-9-27-11-22(31)12-29(13-22)21(30)15-6-7-16(23)19(25)20(15)28-18-8-5-14(26)10-17(18)24/h5-8,10,19-20,27-28,31H,2-4,9,11-13H2,1H3. The van der Waals surface area contributed by atoms with E-state index in [0.29, 0.717) is 10.1 Å². The molecular weight excluding hydrogens is 522 g/mol. The van der Waals surface area contributed by atoms with Crippen LogP contribution in [0.25, 0.3) is 0 Å². The van der Waals surface area contributed by atoms with Gasteiger partial charge in [0.25, 0.3) is 5.91 Å². The third-order valence-corrected chi connectivity index (χ3v) is 6.14. The van der Waals surface area contributed by atoms with Crippen molar-refractivity contribution < 1.29 is 23.1 Å². The number of rotatable bonds is 9. The molecule has 1 aromatic rings. The van der Waals surface area contributed by atoms with Crippen LogP contribution in [0.1, 0.15) is 26.2 Å². The second-order valence-corrected chi connectivity index (χ2v) is 9.34. The number of allylic oxidation sites excluding steroid dienone is 2. The summed E-state index contributed by atoms with van der Waals surface area (Å²) in [5.74, 6) is -2.16. The summed E-state index contributed by atoms with van der Waals surface area (Å²) >= 11 is 1.94. The second kappa shape index (κ2) is 10.4. The number of alkyl halides is 1. The number of unbranched alkanes of at least 4 members (excludes halogenated alkanes) is 2. The number of amides is 1. The lowest BCUT2D eigenvalue weighted by Gasteiger charge is -2.47. The van der Waals surface area contributed by atoms with Gasteiger partial charge in [-0.25, -0.2) is 13.2 Å². The minimum Gasteiger partial charge on any atom is -0.385 e. The van der Waals surface area contributed by atoms with Crippen LogP contribution in [0.3, 0.4) is 0 Å². The predicted molar refractivity (Wildman–Crippen MR) is 123 cm³/mol. The number of carbonyl (C=O) groups is 1. The largest absolute Gasteiger partial charge is 0.385 e. The van der Waals surface area contributed by atoms with Gasteiger partial charge in [0.15, 0.2) is 6.17 Å². The van der Waals surface area contributed by atoms with E-state index in [1.165, 1.54) is 23.1 Å². The molecule has 5 nitrogen and oxygen atoms in total. The summed E-state index contributed by atoms with van der Waals surface area (Å²) in [5, 5.41) is 16.4. The van der Waals surface area contributed by atoms with E-state index in [4.69, 9.17) is 0 Å². The zero-order valence-electron chi connectivity index (χ0n) is 17.3. The lowest BCUT2D eigenvalue weighted by molar-refractivity contribution is -0.150. The predicted octanol–water partition coefficient (Wildman–Crippen LogP) is 3.70. The van der Waals surface area contributed by atoms with Crippen molar-refractivity contribution in [2.45, 2.75) is 44.0 Å². The Morgan fingerprint density at radius 3 is 2.71 bits per heavy atom. The van der Waals surface area contributed by atoms with E-state index in [0.717, 1.165) is 31.9 Å². The van der Waals surface area contributed by atoms with E-state index in [9.17, 15) is 23.1 Å². The van der Waals surface area contributed by atoms with Crippen LogP contribution in [0, 0.1) is 9.39 Å². The first-order valence-electron chi connectivity index (χ1n) is 10.4. The molecule has 1 aliphatic heterocycles. The first-order valence-corrected chi connectivity index (χ1v) is 11.5. The molecule has 0 aromatic heterocycles. The van der Waals surface area contributed by atoms with Gasteiger partial charge in [-0.1, -0.05) is 19.8 Å². The Labute approximate surface area is 193 Å². The van der Waals surface area contributed by atoms with Crippen LogP contribution in [0.15, 0.2) is 41.8 Å². The van der Waals surface area contributed by atoms with E-state index in [-0.39, 0.29) is 24.4 Å². The SMILES string of the molecule is CCCCCNCC1(O)CN(C(=O)C2=CC=C(F)C(F)C2Nc2ccc(I)cc2F)C1. The van der Waals surface area contributed by atoms with Crippen LogP contribution in [-0.4, -0.2) is 59.9 Å². The van der Waals surface area contributed by atoms with Crippen molar-refractivity contribution in [1.29, 1.82) is 0 Å². The third-order valence-electron chi connectivity index (χ3n) is 5.47. The molecule has 3 rings (SSSR count). The highest BCUT2D eigenvalue weighted by molar-refractivity contribution is 14.1. The zero-order valence-corrected chi connectivity index (χ0v) is 19.5. The number of β-amino-alcohol motifs (C(OH)–C–C–N with tert-alkyl or cyclic N) is 1. The van der Waals surface area contributed by atoms with Crippen molar-refractivity contribution in [3.05, 3.63) is 51.1 Å². The highest BCUT2D eigenvalue weighted by atomic mass is 127. The van der Waals surface area contributed by atoms with E-state index < -0.39 is 35.4 Å².